The summed E-state index contributed by atoms with van der Waals surface area (Å²) in [6.45, 7) is 4.56. The molecule has 154 valence electrons. The van der Waals surface area contributed by atoms with Crippen molar-refractivity contribution in [3.63, 3.8) is 0 Å². The molecule has 1 atom stereocenters. The highest BCUT2D eigenvalue weighted by molar-refractivity contribution is 7.09. The number of hydrogen-bond acceptors (Lipinski definition) is 8. The molecule has 0 saturated carbocycles. The SMILES string of the molecule is Cc1cc(Nc2cnccn2)nc([C@H]2CCCCN2C(=O)/C=C/c2csc(C)n2)n1. The van der Waals surface area contributed by atoms with Gasteiger partial charge in [-0.3, -0.25) is 9.78 Å². The third-order valence-electron chi connectivity index (χ3n) is 4.81. The summed E-state index contributed by atoms with van der Waals surface area (Å²) in [5, 5.41) is 6.09. The molecule has 9 heteroatoms. The van der Waals surface area contributed by atoms with E-state index in [1.165, 1.54) is 0 Å². The number of hydrogen-bond donors (Lipinski definition) is 1. The summed E-state index contributed by atoms with van der Waals surface area (Å²) in [4.78, 5) is 36.8. The minimum Gasteiger partial charge on any atom is -0.329 e. The standard InChI is InChI=1S/C21H23N7OS/c1-14-11-18(26-19-12-22-8-9-23-19)27-21(24-14)17-5-3-4-10-28(17)20(29)7-6-16-13-30-15(2)25-16/h6-9,11-13,17H,3-5,10H2,1-2H3,(H,23,24,26,27)/b7-6+/t17-/m1/s1. The molecular formula is C21H23N7OS. The van der Waals surface area contributed by atoms with Gasteiger partial charge in [0.15, 0.2) is 5.82 Å². The maximum absolute atomic E-state index is 12.9. The molecule has 30 heavy (non-hydrogen) atoms. The molecule has 3 aromatic rings. The van der Waals surface area contributed by atoms with E-state index in [1.807, 2.05) is 30.2 Å². The Bertz CT molecular complexity index is 1050. The van der Waals surface area contributed by atoms with Crippen LogP contribution in [0.15, 0.2) is 36.1 Å². The number of nitrogens with one attached hydrogen (secondary N) is 1. The Kier molecular flexibility index (Phi) is 6.08. The Morgan fingerprint density at radius 1 is 1.20 bits per heavy atom. The summed E-state index contributed by atoms with van der Waals surface area (Å²) in [6, 6.07) is 1.70. The highest BCUT2D eigenvalue weighted by Gasteiger charge is 2.29. The molecular weight excluding hydrogens is 398 g/mol. The number of anilines is 2. The minimum absolute atomic E-state index is 0.0427. The van der Waals surface area contributed by atoms with Crippen LogP contribution in [0.4, 0.5) is 11.6 Å². The van der Waals surface area contributed by atoms with E-state index in [0.717, 1.165) is 35.7 Å². The van der Waals surface area contributed by atoms with Crippen LogP contribution in [-0.2, 0) is 4.79 Å². The number of aromatic nitrogens is 5. The maximum Gasteiger partial charge on any atom is 0.247 e. The van der Waals surface area contributed by atoms with Crippen molar-refractivity contribution in [3.8, 4) is 0 Å². The van der Waals surface area contributed by atoms with Crippen LogP contribution >= 0.6 is 11.3 Å². The van der Waals surface area contributed by atoms with E-state index in [9.17, 15) is 4.79 Å². The first-order chi connectivity index (χ1) is 14.6. The number of piperidine rings is 1. The number of carbonyl (C=O) groups is 1. The predicted octanol–water partition coefficient (Wildman–Crippen LogP) is 3.85. The van der Waals surface area contributed by atoms with Gasteiger partial charge in [-0.15, -0.1) is 11.3 Å². The lowest BCUT2D eigenvalue weighted by Gasteiger charge is -2.34. The average Bonchev–Trinajstić information content (AvgIpc) is 3.17. The molecule has 0 aromatic carbocycles. The fraction of sp³-hybridized carbons (Fsp3) is 0.333. The van der Waals surface area contributed by atoms with Gasteiger partial charge in [0.05, 0.1) is 22.9 Å². The zero-order valence-corrected chi connectivity index (χ0v) is 17.8. The van der Waals surface area contributed by atoms with E-state index < -0.39 is 0 Å². The number of amides is 1. The number of rotatable bonds is 5. The fourth-order valence-corrected chi connectivity index (χ4v) is 4.05. The molecule has 0 aliphatic carbocycles. The van der Waals surface area contributed by atoms with Crippen LogP contribution in [0.3, 0.4) is 0 Å². The van der Waals surface area contributed by atoms with Crippen molar-refractivity contribution >= 4 is 35.0 Å². The van der Waals surface area contributed by atoms with E-state index >= 15 is 0 Å². The van der Waals surface area contributed by atoms with Crippen LogP contribution < -0.4 is 5.32 Å². The molecule has 1 fully saturated rings. The van der Waals surface area contributed by atoms with Gasteiger partial charge in [0.25, 0.3) is 0 Å². The first-order valence-corrected chi connectivity index (χ1v) is 10.8. The van der Waals surface area contributed by atoms with E-state index in [1.54, 1.807) is 42.1 Å². The lowest BCUT2D eigenvalue weighted by atomic mass is 10.0. The average molecular weight is 422 g/mol. The first-order valence-electron chi connectivity index (χ1n) is 9.88. The Labute approximate surface area is 179 Å². The lowest BCUT2D eigenvalue weighted by Crippen LogP contribution is -2.38. The topological polar surface area (TPSA) is 96.8 Å². The molecule has 3 aromatic heterocycles. The zero-order chi connectivity index (χ0) is 20.9. The van der Waals surface area contributed by atoms with Crippen molar-refractivity contribution in [2.45, 2.75) is 39.2 Å². The van der Waals surface area contributed by atoms with E-state index in [-0.39, 0.29) is 11.9 Å². The number of thiazole rings is 1. The van der Waals surface area contributed by atoms with E-state index in [0.29, 0.717) is 24.0 Å². The van der Waals surface area contributed by atoms with Crippen molar-refractivity contribution < 1.29 is 4.79 Å². The Morgan fingerprint density at radius 3 is 2.87 bits per heavy atom. The molecule has 8 nitrogen and oxygen atoms in total. The van der Waals surface area contributed by atoms with Crippen molar-refractivity contribution in [2.24, 2.45) is 0 Å². The highest BCUT2D eigenvalue weighted by atomic mass is 32.1. The van der Waals surface area contributed by atoms with Gasteiger partial charge in [-0.05, 0) is 39.2 Å². The third-order valence-corrected chi connectivity index (χ3v) is 5.60. The summed E-state index contributed by atoms with van der Waals surface area (Å²) < 4.78 is 0. The summed E-state index contributed by atoms with van der Waals surface area (Å²) in [5.74, 6) is 1.86. The smallest absolute Gasteiger partial charge is 0.247 e. The molecule has 0 unspecified atom stereocenters. The third kappa shape index (κ3) is 4.85. The van der Waals surface area contributed by atoms with E-state index in [4.69, 9.17) is 0 Å². The van der Waals surface area contributed by atoms with Gasteiger partial charge < -0.3 is 10.2 Å². The summed E-state index contributed by atoms with van der Waals surface area (Å²) in [5.41, 5.74) is 1.64. The van der Waals surface area contributed by atoms with Gasteiger partial charge in [-0.25, -0.2) is 19.9 Å². The predicted molar refractivity (Wildman–Crippen MR) is 116 cm³/mol. The van der Waals surface area contributed by atoms with Crippen molar-refractivity contribution in [1.82, 2.24) is 29.8 Å². The molecule has 1 saturated heterocycles. The van der Waals surface area contributed by atoms with Crippen molar-refractivity contribution in [3.05, 3.63) is 58.3 Å². The van der Waals surface area contributed by atoms with Crippen LogP contribution in [0.2, 0.25) is 0 Å². The molecule has 1 amide bonds. The number of carbonyl (C=O) groups excluding carboxylic acids is 1. The van der Waals surface area contributed by atoms with Gasteiger partial charge in [0, 0.05) is 42.2 Å². The normalized spacial score (nSPS) is 16.7. The highest BCUT2D eigenvalue weighted by Crippen LogP contribution is 2.30. The zero-order valence-electron chi connectivity index (χ0n) is 16.9. The molecule has 4 heterocycles. The minimum atomic E-state index is -0.157. The monoisotopic (exact) mass is 421 g/mol. The second kappa shape index (κ2) is 9.08. The number of aryl methyl sites for hydroxylation is 2. The molecule has 1 aliphatic heterocycles. The first kappa shape index (κ1) is 20.1. The van der Waals surface area contributed by atoms with Gasteiger partial charge >= 0.3 is 0 Å². The second-order valence-corrected chi connectivity index (χ2v) is 8.20. The van der Waals surface area contributed by atoms with E-state index in [2.05, 4.69) is 30.2 Å². The van der Waals surface area contributed by atoms with Crippen LogP contribution in [0.5, 0.6) is 0 Å². The second-order valence-electron chi connectivity index (χ2n) is 7.14. The van der Waals surface area contributed by atoms with Gasteiger partial charge in [-0.2, -0.15) is 0 Å². The van der Waals surface area contributed by atoms with Gasteiger partial charge in [-0.1, -0.05) is 0 Å². The lowest BCUT2D eigenvalue weighted by molar-refractivity contribution is -0.129. The molecule has 0 bridgehead atoms. The molecule has 4 rings (SSSR count). The van der Waals surface area contributed by atoms with Crippen LogP contribution in [0.1, 0.15) is 47.5 Å². The summed E-state index contributed by atoms with van der Waals surface area (Å²) in [7, 11) is 0. The Balaban J connectivity index is 1.56. The van der Waals surface area contributed by atoms with Gasteiger partial charge in [0.2, 0.25) is 5.91 Å². The maximum atomic E-state index is 12.9. The summed E-state index contributed by atoms with van der Waals surface area (Å²) >= 11 is 1.57. The van der Waals surface area contributed by atoms with Crippen LogP contribution in [0.25, 0.3) is 6.08 Å². The Hall–Kier alpha value is -3.20. The molecule has 1 aliphatic rings. The molecule has 0 spiro atoms. The largest absolute Gasteiger partial charge is 0.329 e. The number of nitrogens with zero attached hydrogens (tertiary/aromatic N) is 6. The Morgan fingerprint density at radius 2 is 2.10 bits per heavy atom. The van der Waals surface area contributed by atoms with Crippen molar-refractivity contribution in [1.29, 1.82) is 0 Å². The molecule has 1 N–H and O–H groups in total. The van der Waals surface area contributed by atoms with Crippen LogP contribution in [0, 0.1) is 13.8 Å². The summed E-state index contributed by atoms with van der Waals surface area (Å²) in [6.07, 6.45) is 11.1. The van der Waals surface area contributed by atoms with Crippen LogP contribution in [-0.4, -0.2) is 42.3 Å². The quantitative estimate of drug-likeness (QED) is 0.625. The van der Waals surface area contributed by atoms with Gasteiger partial charge in [0.1, 0.15) is 11.6 Å². The van der Waals surface area contributed by atoms with Crippen molar-refractivity contribution in [2.75, 3.05) is 11.9 Å². The molecule has 0 radical (unpaired) electrons. The fourth-order valence-electron chi connectivity index (χ4n) is 3.47. The number of likely N-dealkylation sites (tertiary alicyclic amines) is 1.